The molecule has 3 aromatic rings. The molecule has 0 bridgehead atoms. The molecule has 1 amide bonds. The van der Waals surface area contributed by atoms with E-state index in [0.717, 1.165) is 17.3 Å². The highest BCUT2D eigenvalue weighted by Gasteiger charge is 2.12. The van der Waals surface area contributed by atoms with Crippen LogP contribution < -0.4 is 26.1 Å². The van der Waals surface area contributed by atoms with Gasteiger partial charge in [0.2, 0.25) is 11.1 Å². The molecule has 0 spiro atoms. The standard InChI is InChI=1S/C19H19Cl2N7O3S/c1-30-15-4-3-11(5-16(15)31-2)9-23-25-18-26-27-19(28(18)22)32-10-17(29)24-14-7-12(20)6-13(21)8-14/h3-9H,10,22H2,1-2H3,(H,24,29)(H,25,26)/b23-9+. The van der Waals surface area contributed by atoms with Gasteiger partial charge in [0.15, 0.2) is 11.5 Å². The van der Waals surface area contributed by atoms with Crippen molar-refractivity contribution in [2.24, 2.45) is 5.10 Å². The third-order valence-electron chi connectivity index (χ3n) is 3.93. The summed E-state index contributed by atoms with van der Waals surface area (Å²) < 4.78 is 11.7. The molecule has 0 fully saturated rings. The maximum atomic E-state index is 12.2. The summed E-state index contributed by atoms with van der Waals surface area (Å²) >= 11 is 13.0. The summed E-state index contributed by atoms with van der Waals surface area (Å²) in [5.41, 5.74) is 3.97. The van der Waals surface area contributed by atoms with Gasteiger partial charge in [-0.05, 0) is 42.0 Å². The van der Waals surface area contributed by atoms with Gasteiger partial charge >= 0.3 is 0 Å². The number of ether oxygens (including phenoxy) is 2. The summed E-state index contributed by atoms with van der Waals surface area (Å²) in [6.07, 6.45) is 1.56. The van der Waals surface area contributed by atoms with Crippen LogP contribution in [-0.2, 0) is 4.79 Å². The lowest BCUT2D eigenvalue weighted by molar-refractivity contribution is -0.113. The number of thioether (sulfide) groups is 1. The first kappa shape index (κ1) is 23.5. The molecule has 4 N–H and O–H groups in total. The number of methoxy groups -OCH3 is 2. The van der Waals surface area contributed by atoms with E-state index in [-0.39, 0.29) is 17.6 Å². The van der Waals surface area contributed by atoms with Crippen molar-refractivity contribution in [1.82, 2.24) is 14.9 Å². The van der Waals surface area contributed by atoms with Gasteiger partial charge in [0, 0.05) is 15.7 Å². The number of rotatable bonds is 9. The van der Waals surface area contributed by atoms with Crippen LogP contribution in [0, 0.1) is 0 Å². The van der Waals surface area contributed by atoms with Crippen LogP contribution >= 0.6 is 35.0 Å². The summed E-state index contributed by atoms with van der Waals surface area (Å²) in [6.45, 7) is 0. The minimum absolute atomic E-state index is 0.0500. The number of halogens is 2. The zero-order valence-corrected chi connectivity index (χ0v) is 19.3. The summed E-state index contributed by atoms with van der Waals surface area (Å²) in [5, 5.41) is 15.9. The van der Waals surface area contributed by atoms with Gasteiger partial charge in [-0.15, -0.1) is 10.2 Å². The van der Waals surface area contributed by atoms with Crippen molar-refractivity contribution >= 4 is 58.7 Å². The highest BCUT2D eigenvalue weighted by Crippen LogP contribution is 2.27. The number of carbonyl (C=O) groups is 1. The molecule has 32 heavy (non-hydrogen) atoms. The van der Waals surface area contributed by atoms with Gasteiger partial charge in [0.05, 0.1) is 26.2 Å². The monoisotopic (exact) mass is 495 g/mol. The Morgan fingerprint density at radius 3 is 2.56 bits per heavy atom. The van der Waals surface area contributed by atoms with Crippen LogP contribution in [0.25, 0.3) is 0 Å². The average Bonchev–Trinajstić information content (AvgIpc) is 3.10. The fourth-order valence-electron chi connectivity index (χ4n) is 2.50. The summed E-state index contributed by atoms with van der Waals surface area (Å²) in [5.74, 6) is 7.14. The van der Waals surface area contributed by atoms with Gasteiger partial charge in [0.25, 0.3) is 5.95 Å². The Morgan fingerprint density at radius 1 is 1.16 bits per heavy atom. The summed E-state index contributed by atoms with van der Waals surface area (Å²) in [4.78, 5) is 12.2. The largest absolute Gasteiger partial charge is 0.493 e. The van der Waals surface area contributed by atoms with E-state index in [0.29, 0.717) is 32.4 Å². The van der Waals surface area contributed by atoms with Gasteiger partial charge in [0.1, 0.15) is 0 Å². The van der Waals surface area contributed by atoms with Crippen LogP contribution in [0.4, 0.5) is 11.6 Å². The van der Waals surface area contributed by atoms with E-state index >= 15 is 0 Å². The maximum Gasteiger partial charge on any atom is 0.264 e. The first-order valence-electron chi connectivity index (χ1n) is 9.00. The number of anilines is 2. The number of nitrogens with zero attached hydrogens (tertiary/aromatic N) is 4. The first-order chi connectivity index (χ1) is 15.4. The second-order valence-electron chi connectivity index (χ2n) is 6.16. The Balaban J connectivity index is 1.56. The molecule has 0 aliphatic heterocycles. The molecule has 0 aliphatic rings. The second kappa shape index (κ2) is 10.9. The molecule has 0 radical (unpaired) electrons. The molecule has 0 saturated carbocycles. The number of nitrogens with one attached hydrogen (secondary N) is 2. The molecule has 1 aromatic heterocycles. The number of amides is 1. The average molecular weight is 496 g/mol. The van der Waals surface area contributed by atoms with E-state index in [1.807, 2.05) is 6.07 Å². The molecule has 2 aromatic carbocycles. The SMILES string of the molecule is COc1ccc(/C=N/Nc2nnc(SCC(=O)Nc3cc(Cl)cc(Cl)c3)n2N)cc1OC. The van der Waals surface area contributed by atoms with Crippen molar-refractivity contribution in [3.8, 4) is 11.5 Å². The quantitative estimate of drug-likeness (QED) is 0.178. The fourth-order valence-corrected chi connectivity index (χ4v) is 3.69. The normalized spacial score (nSPS) is 10.9. The van der Waals surface area contributed by atoms with Gasteiger partial charge in [-0.25, -0.2) is 10.1 Å². The van der Waals surface area contributed by atoms with Crippen LogP contribution in [0.2, 0.25) is 10.0 Å². The van der Waals surface area contributed by atoms with E-state index in [4.69, 9.17) is 38.5 Å². The Bertz CT molecular complexity index is 1120. The minimum atomic E-state index is -0.280. The summed E-state index contributed by atoms with van der Waals surface area (Å²) in [6, 6.07) is 10.1. The van der Waals surface area contributed by atoms with E-state index in [1.54, 1.807) is 50.8 Å². The predicted octanol–water partition coefficient (Wildman–Crippen LogP) is 3.49. The minimum Gasteiger partial charge on any atom is -0.493 e. The number of nitrogen functional groups attached to an aromatic ring is 1. The molecule has 0 atom stereocenters. The van der Waals surface area contributed by atoms with Gasteiger partial charge < -0.3 is 20.6 Å². The molecule has 0 aliphatic carbocycles. The zero-order chi connectivity index (χ0) is 23.1. The highest BCUT2D eigenvalue weighted by atomic mass is 35.5. The lowest BCUT2D eigenvalue weighted by Gasteiger charge is -2.07. The number of hydrogen-bond acceptors (Lipinski definition) is 9. The Kier molecular flexibility index (Phi) is 8.03. The number of benzene rings is 2. The molecule has 10 nitrogen and oxygen atoms in total. The Hall–Kier alpha value is -3.15. The number of hydrazone groups is 1. The molecule has 0 saturated heterocycles. The zero-order valence-electron chi connectivity index (χ0n) is 17.0. The lowest BCUT2D eigenvalue weighted by Crippen LogP contribution is -2.16. The van der Waals surface area contributed by atoms with Gasteiger partial charge in [-0.3, -0.25) is 4.79 Å². The first-order valence-corrected chi connectivity index (χ1v) is 10.7. The van der Waals surface area contributed by atoms with E-state index < -0.39 is 0 Å². The third-order valence-corrected chi connectivity index (χ3v) is 5.31. The van der Waals surface area contributed by atoms with Gasteiger partial charge in [-0.2, -0.15) is 5.10 Å². The molecule has 168 valence electrons. The van der Waals surface area contributed by atoms with Crippen molar-refractivity contribution in [3.05, 3.63) is 52.0 Å². The van der Waals surface area contributed by atoms with E-state index in [2.05, 4.69) is 26.0 Å². The number of carbonyl (C=O) groups excluding carboxylic acids is 1. The Labute approximate surface area is 198 Å². The molecule has 0 unspecified atom stereocenters. The third kappa shape index (κ3) is 6.19. The van der Waals surface area contributed by atoms with Crippen molar-refractivity contribution < 1.29 is 14.3 Å². The number of nitrogens with two attached hydrogens (primary N) is 1. The van der Waals surface area contributed by atoms with Crippen LogP contribution in [0.5, 0.6) is 11.5 Å². The smallest absolute Gasteiger partial charge is 0.264 e. The van der Waals surface area contributed by atoms with Crippen LogP contribution in [0.1, 0.15) is 5.56 Å². The van der Waals surface area contributed by atoms with E-state index in [1.165, 1.54) is 4.68 Å². The molecule has 1 heterocycles. The maximum absolute atomic E-state index is 12.2. The van der Waals surface area contributed by atoms with Crippen molar-refractivity contribution in [2.45, 2.75) is 5.16 Å². The van der Waals surface area contributed by atoms with Crippen LogP contribution in [0.15, 0.2) is 46.7 Å². The van der Waals surface area contributed by atoms with Gasteiger partial charge in [-0.1, -0.05) is 35.0 Å². The lowest BCUT2D eigenvalue weighted by atomic mass is 10.2. The molecular formula is C19H19Cl2N7O3S. The van der Waals surface area contributed by atoms with Crippen molar-refractivity contribution in [1.29, 1.82) is 0 Å². The van der Waals surface area contributed by atoms with E-state index in [9.17, 15) is 4.79 Å². The Morgan fingerprint density at radius 2 is 1.88 bits per heavy atom. The summed E-state index contributed by atoms with van der Waals surface area (Å²) in [7, 11) is 3.12. The topological polar surface area (TPSA) is 129 Å². The molecule has 13 heteroatoms. The van der Waals surface area contributed by atoms with Crippen LogP contribution in [-0.4, -0.2) is 47.0 Å². The highest BCUT2D eigenvalue weighted by molar-refractivity contribution is 7.99. The van der Waals surface area contributed by atoms with Crippen molar-refractivity contribution in [2.75, 3.05) is 36.6 Å². The second-order valence-corrected chi connectivity index (χ2v) is 7.97. The molecular weight excluding hydrogens is 477 g/mol. The number of hydrogen-bond donors (Lipinski definition) is 3. The van der Waals surface area contributed by atoms with Crippen LogP contribution in [0.3, 0.4) is 0 Å². The number of aromatic nitrogens is 3. The molecule has 3 rings (SSSR count). The fraction of sp³-hybridized carbons (Fsp3) is 0.158. The predicted molar refractivity (Wildman–Crippen MR) is 127 cm³/mol. The van der Waals surface area contributed by atoms with Crippen molar-refractivity contribution in [3.63, 3.8) is 0 Å².